The number of nitrogens with two attached hydrogens (primary N) is 1. The Hall–Kier alpha value is -0.410. The van der Waals surface area contributed by atoms with Crippen LogP contribution in [0.2, 0.25) is 0 Å². The van der Waals surface area contributed by atoms with Gasteiger partial charge in [0.15, 0.2) is 6.29 Å². The van der Waals surface area contributed by atoms with Crippen molar-refractivity contribution in [3.8, 4) is 0 Å². The highest BCUT2D eigenvalue weighted by molar-refractivity contribution is 5.56. The fourth-order valence-electron chi connectivity index (χ4n) is 1.15. The standard InChI is InChI=1S/C7H13N2O/c8-7(6-10)9-4-2-1-3-5-9/h1,6-7H,2-5,8H2. The zero-order chi connectivity index (χ0) is 7.40. The summed E-state index contributed by atoms with van der Waals surface area (Å²) in [6.45, 7) is 1.86. The largest absolute Gasteiger partial charge is 0.310 e. The third-order valence-corrected chi connectivity index (χ3v) is 1.80. The van der Waals surface area contributed by atoms with Gasteiger partial charge in [0, 0.05) is 13.1 Å². The number of likely N-dealkylation sites (tertiary alicyclic amines) is 1. The molecule has 0 aromatic heterocycles. The summed E-state index contributed by atoms with van der Waals surface area (Å²) in [5, 5.41) is 0. The van der Waals surface area contributed by atoms with Gasteiger partial charge in [-0.25, -0.2) is 0 Å². The quantitative estimate of drug-likeness (QED) is 0.540. The summed E-state index contributed by atoms with van der Waals surface area (Å²) in [6.07, 6.45) is 4.76. The minimum Gasteiger partial charge on any atom is -0.310 e. The Kier molecular flexibility index (Phi) is 2.83. The second-order valence-corrected chi connectivity index (χ2v) is 2.53. The van der Waals surface area contributed by atoms with Crippen LogP contribution >= 0.6 is 0 Å². The van der Waals surface area contributed by atoms with E-state index in [2.05, 4.69) is 6.42 Å². The minimum atomic E-state index is -0.381. The number of hydrogen-bond donors (Lipinski definition) is 1. The Morgan fingerprint density at radius 1 is 1.50 bits per heavy atom. The first kappa shape index (κ1) is 7.69. The topological polar surface area (TPSA) is 46.3 Å². The number of piperidine rings is 1. The molecule has 0 spiro atoms. The molecule has 1 heterocycles. The van der Waals surface area contributed by atoms with Crippen molar-refractivity contribution in [2.45, 2.75) is 19.0 Å². The highest BCUT2D eigenvalue weighted by atomic mass is 16.1. The zero-order valence-corrected chi connectivity index (χ0v) is 5.99. The maximum Gasteiger partial charge on any atom is 0.151 e. The molecule has 0 aromatic carbocycles. The lowest BCUT2D eigenvalue weighted by molar-refractivity contribution is -0.112. The average Bonchev–Trinajstić information content (AvgIpc) is 2.05. The molecule has 1 unspecified atom stereocenters. The number of aldehydes is 1. The molecule has 3 heteroatoms. The average molecular weight is 141 g/mol. The molecule has 0 amide bonds. The van der Waals surface area contributed by atoms with Crippen molar-refractivity contribution in [3.05, 3.63) is 6.42 Å². The van der Waals surface area contributed by atoms with Crippen molar-refractivity contribution >= 4 is 6.29 Å². The molecule has 10 heavy (non-hydrogen) atoms. The Bertz CT molecular complexity index is 110. The predicted octanol–water partition coefficient (Wildman–Crippen LogP) is -0.230. The molecule has 2 N–H and O–H groups in total. The summed E-state index contributed by atoms with van der Waals surface area (Å²) in [5.74, 6) is 0. The van der Waals surface area contributed by atoms with Gasteiger partial charge in [-0.05, 0) is 19.3 Å². The van der Waals surface area contributed by atoms with Gasteiger partial charge < -0.3 is 10.5 Å². The van der Waals surface area contributed by atoms with Gasteiger partial charge >= 0.3 is 0 Å². The molecular weight excluding hydrogens is 128 g/mol. The molecule has 0 aromatic rings. The van der Waals surface area contributed by atoms with Crippen LogP contribution in [-0.4, -0.2) is 30.4 Å². The number of rotatable bonds is 2. The first-order chi connectivity index (χ1) is 4.84. The van der Waals surface area contributed by atoms with E-state index in [1.54, 1.807) is 0 Å². The van der Waals surface area contributed by atoms with E-state index in [0.29, 0.717) is 0 Å². The molecule has 57 valence electrons. The van der Waals surface area contributed by atoms with Gasteiger partial charge in [0.25, 0.3) is 0 Å². The SMILES string of the molecule is NC(C=O)N1CC[CH]CC1. The molecule has 1 fully saturated rings. The van der Waals surface area contributed by atoms with E-state index in [9.17, 15) is 4.79 Å². The van der Waals surface area contributed by atoms with Crippen LogP contribution < -0.4 is 5.73 Å². The normalized spacial score (nSPS) is 24.1. The highest BCUT2D eigenvalue weighted by Gasteiger charge is 2.15. The van der Waals surface area contributed by atoms with E-state index in [-0.39, 0.29) is 6.17 Å². The van der Waals surface area contributed by atoms with Crippen molar-refractivity contribution in [3.63, 3.8) is 0 Å². The summed E-state index contributed by atoms with van der Waals surface area (Å²) in [5.41, 5.74) is 5.49. The number of carbonyl (C=O) groups excluding carboxylic acids is 1. The summed E-state index contributed by atoms with van der Waals surface area (Å²) in [4.78, 5) is 12.2. The molecule has 1 atom stereocenters. The maximum absolute atomic E-state index is 10.2. The van der Waals surface area contributed by atoms with Crippen molar-refractivity contribution in [1.82, 2.24) is 4.90 Å². The van der Waals surface area contributed by atoms with Crippen LogP contribution in [0, 0.1) is 6.42 Å². The van der Waals surface area contributed by atoms with Crippen LogP contribution in [-0.2, 0) is 4.79 Å². The molecule has 1 saturated heterocycles. The summed E-state index contributed by atoms with van der Waals surface area (Å²) < 4.78 is 0. The van der Waals surface area contributed by atoms with Crippen LogP contribution in [0.4, 0.5) is 0 Å². The molecule has 1 aliphatic rings. The van der Waals surface area contributed by atoms with Crippen molar-refractivity contribution < 1.29 is 4.79 Å². The second-order valence-electron chi connectivity index (χ2n) is 2.53. The van der Waals surface area contributed by atoms with Crippen LogP contribution in [0.25, 0.3) is 0 Å². The van der Waals surface area contributed by atoms with Crippen molar-refractivity contribution in [1.29, 1.82) is 0 Å². The van der Waals surface area contributed by atoms with Gasteiger partial charge in [-0.3, -0.25) is 4.90 Å². The highest BCUT2D eigenvalue weighted by Crippen LogP contribution is 2.07. The first-order valence-corrected chi connectivity index (χ1v) is 3.61. The molecule has 0 saturated carbocycles. The molecule has 0 bridgehead atoms. The lowest BCUT2D eigenvalue weighted by Crippen LogP contribution is -2.45. The lowest BCUT2D eigenvalue weighted by Gasteiger charge is -2.28. The molecule has 3 nitrogen and oxygen atoms in total. The van der Waals surface area contributed by atoms with Crippen LogP contribution in [0.5, 0.6) is 0 Å². The van der Waals surface area contributed by atoms with Crippen LogP contribution in [0.1, 0.15) is 12.8 Å². The second kappa shape index (κ2) is 3.68. The summed E-state index contributed by atoms with van der Waals surface area (Å²) in [6, 6.07) is 0. The van der Waals surface area contributed by atoms with E-state index in [0.717, 1.165) is 32.2 Å². The van der Waals surface area contributed by atoms with E-state index < -0.39 is 0 Å². The van der Waals surface area contributed by atoms with Crippen molar-refractivity contribution in [2.24, 2.45) is 5.73 Å². The van der Waals surface area contributed by atoms with Crippen LogP contribution in [0.3, 0.4) is 0 Å². The van der Waals surface area contributed by atoms with Gasteiger partial charge in [-0.1, -0.05) is 0 Å². The van der Waals surface area contributed by atoms with E-state index in [1.165, 1.54) is 0 Å². The van der Waals surface area contributed by atoms with E-state index >= 15 is 0 Å². The minimum absolute atomic E-state index is 0.381. The maximum atomic E-state index is 10.2. The Balaban J connectivity index is 2.30. The molecule has 1 aliphatic heterocycles. The predicted molar refractivity (Wildman–Crippen MR) is 39.1 cm³/mol. The van der Waals surface area contributed by atoms with Crippen molar-refractivity contribution in [2.75, 3.05) is 13.1 Å². The number of nitrogens with zero attached hydrogens (tertiary/aromatic N) is 1. The van der Waals surface area contributed by atoms with E-state index in [4.69, 9.17) is 5.73 Å². The summed E-state index contributed by atoms with van der Waals surface area (Å²) >= 11 is 0. The Labute approximate surface area is 61.2 Å². The third-order valence-electron chi connectivity index (χ3n) is 1.80. The monoisotopic (exact) mass is 141 g/mol. The zero-order valence-electron chi connectivity index (χ0n) is 5.99. The molecule has 1 radical (unpaired) electrons. The van der Waals surface area contributed by atoms with Gasteiger partial charge in [0.1, 0.15) is 6.17 Å². The summed E-state index contributed by atoms with van der Waals surface area (Å²) in [7, 11) is 0. The van der Waals surface area contributed by atoms with Gasteiger partial charge in [0.05, 0.1) is 0 Å². The number of hydrogen-bond acceptors (Lipinski definition) is 3. The molecule has 0 aliphatic carbocycles. The smallest absolute Gasteiger partial charge is 0.151 e. The fraction of sp³-hybridized carbons (Fsp3) is 0.714. The number of carbonyl (C=O) groups is 1. The molecule has 1 rings (SSSR count). The molecular formula is C7H13N2O. The van der Waals surface area contributed by atoms with E-state index in [1.807, 2.05) is 4.90 Å². The van der Waals surface area contributed by atoms with Gasteiger partial charge in [-0.2, -0.15) is 0 Å². The van der Waals surface area contributed by atoms with Gasteiger partial charge in [-0.15, -0.1) is 0 Å². The fourth-order valence-corrected chi connectivity index (χ4v) is 1.15. The Morgan fingerprint density at radius 3 is 2.60 bits per heavy atom. The Morgan fingerprint density at radius 2 is 2.10 bits per heavy atom. The van der Waals surface area contributed by atoms with Gasteiger partial charge in [0.2, 0.25) is 0 Å². The third kappa shape index (κ3) is 1.78. The van der Waals surface area contributed by atoms with Crippen LogP contribution in [0.15, 0.2) is 0 Å². The first-order valence-electron chi connectivity index (χ1n) is 3.61. The lowest BCUT2D eigenvalue weighted by atomic mass is 10.1.